The first-order valence-corrected chi connectivity index (χ1v) is 12.2. The summed E-state index contributed by atoms with van der Waals surface area (Å²) in [5.41, 5.74) is 9.37. The summed E-state index contributed by atoms with van der Waals surface area (Å²) in [7, 11) is 0. The molecule has 0 unspecified atom stereocenters. The minimum absolute atomic E-state index is 0.439. The molecule has 0 atom stereocenters. The van der Waals surface area contributed by atoms with Crippen molar-refractivity contribution < 1.29 is 9.68 Å². The van der Waals surface area contributed by atoms with Gasteiger partial charge in [-0.2, -0.15) is 0 Å². The normalized spacial score (nSPS) is 19.5. The van der Waals surface area contributed by atoms with Gasteiger partial charge in [0, 0.05) is 11.4 Å². The number of hydrogen-bond donors (Lipinski definition) is 1. The molecule has 1 aliphatic carbocycles. The fourth-order valence-corrected chi connectivity index (χ4v) is 5.85. The molecule has 0 saturated carbocycles. The quantitative estimate of drug-likeness (QED) is 0.278. The van der Waals surface area contributed by atoms with E-state index in [9.17, 15) is 0 Å². The summed E-state index contributed by atoms with van der Waals surface area (Å²) < 4.78 is 0. The van der Waals surface area contributed by atoms with Crippen molar-refractivity contribution in [1.29, 1.82) is 0 Å². The lowest BCUT2D eigenvalue weighted by Gasteiger charge is -2.40. The van der Waals surface area contributed by atoms with Crippen LogP contribution in [0.4, 0.5) is 17.1 Å². The number of para-hydroxylation sites is 1. The molecule has 0 amide bonds. The van der Waals surface area contributed by atoms with Crippen LogP contribution in [0, 0.1) is 0 Å². The molecular formula is C31H28N2O2. The van der Waals surface area contributed by atoms with Gasteiger partial charge < -0.3 is 5.32 Å². The Labute approximate surface area is 206 Å². The second-order valence-corrected chi connectivity index (χ2v) is 10.7. The van der Waals surface area contributed by atoms with Crippen LogP contribution in [-0.4, -0.2) is 11.2 Å². The summed E-state index contributed by atoms with van der Waals surface area (Å²) in [6, 6.07) is 32.7. The average Bonchev–Trinajstić information content (AvgIpc) is 3.27. The van der Waals surface area contributed by atoms with Crippen molar-refractivity contribution >= 4 is 17.1 Å². The predicted octanol–water partition coefficient (Wildman–Crippen LogP) is 7.35. The summed E-state index contributed by atoms with van der Waals surface area (Å²) in [5.74, 6) is 0. The van der Waals surface area contributed by atoms with Crippen LogP contribution >= 0.6 is 0 Å². The third-order valence-electron chi connectivity index (χ3n) is 8.24. The van der Waals surface area contributed by atoms with E-state index in [1.807, 2.05) is 0 Å². The Morgan fingerprint density at radius 2 is 1.09 bits per heavy atom. The van der Waals surface area contributed by atoms with Gasteiger partial charge in [-0.1, -0.05) is 66.7 Å². The van der Waals surface area contributed by atoms with Crippen LogP contribution in [0.25, 0.3) is 11.1 Å². The van der Waals surface area contributed by atoms with Crippen LogP contribution in [-0.2, 0) is 15.1 Å². The van der Waals surface area contributed by atoms with Crippen LogP contribution < -0.4 is 10.5 Å². The summed E-state index contributed by atoms with van der Waals surface area (Å²) in [6.45, 7) is 8.25. The molecule has 0 radical (unpaired) electrons. The molecule has 1 saturated heterocycles. The fraction of sp³-hybridized carbons (Fsp3) is 0.226. The van der Waals surface area contributed by atoms with E-state index in [2.05, 4.69) is 124 Å². The molecule has 0 aromatic heterocycles. The maximum Gasteiger partial charge on any atom is 0.124 e. The van der Waals surface area contributed by atoms with Gasteiger partial charge in [0.1, 0.15) is 11.2 Å². The highest BCUT2D eigenvalue weighted by molar-refractivity contribution is 5.92. The van der Waals surface area contributed by atoms with Crippen LogP contribution in [0.1, 0.15) is 49.9 Å². The Morgan fingerprint density at radius 3 is 1.71 bits per heavy atom. The topological polar surface area (TPSA) is 33.7 Å². The molecule has 0 bridgehead atoms. The zero-order chi connectivity index (χ0) is 24.0. The molecule has 4 heteroatoms. The van der Waals surface area contributed by atoms with Gasteiger partial charge in [-0.15, -0.1) is 5.23 Å². The lowest BCUT2D eigenvalue weighted by atomic mass is 9.65. The van der Waals surface area contributed by atoms with E-state index in [0.717, 1.165) is 17.1 Å². The van der Waals surface area contributed by atoms with E-state index in [1.165, 1.54) is 33.4 Å². The maximum atomic E-state index is 6.29. The minimum Gasteiger partial charge on any atom is -0.355 e. The number of benzene rings is 4. The first kappa shape index (κ1) is 20.7. The molecule has 1 fully saturated rings. The Morgan fingerprint density at radius 1 is 0.571 bits per heavy atom. The Bertz CT molecular complexity index is 1440. The fourth-order valence-electron chi connectivity index (χ4n) is 5.85. The van der Waals surface area contributed by atoms with Crippen molar-refractivity contribution in [2.24, 2.45) is 0 Å². The molecule has 1 N–H and O–H groups in total. The van der Waals surface area contributed by atoms with Crippen molar-refractivity contribution in [2.75, 3.05) is 10.5 Å². The van der Waals surface area contributed by atoms with Gasteiger partial charge in [-0.05, 0) is 85.3 Å². The van der Waals surface area contributed by atoms with Gasteiger partial charge in [0.2, 0.25) is 0 Å². The summed E-state index contributed by atoms with van der Waals surface area (Å²) in [6.07, 6.45) is 0. The lowest BCUT2D eigenvalue weighted by Crippen LogP contribution is -2.41. The standard InChI is InChI=1S/C31H28N2O2/c1-29(2)30(3,4)35-33(34-29)20-17-18-28-26(19-20)31(25-15-9-10-16-27(25)32-28)23-13-7-5-11-21(23)22-12-6-8-14-24(22)31/h5-19,32H,1-4H3. The largest absolute Gasteiger partial charge is 0.355 e. The van der Waals surface area contributed by atoms with Crippen LogP contribution in [0.3, 0.4) is 0 Å². The smallest absolute Gasteiger partial charge is 0.124 e. The molecule has 2 heterocycles. The Hall–Kier alpha value is -3.60. The van der Waals surface area contributed by atoms with Gasteiger partial charge in [-0.25, -0.2) is 9.68 Å². The first-order chi connectivity index (χ1) is 16.8. The summed E-state index contributed by atoms with van der Waals surface area (Å²) in [4.78, 5) is 12.6. The molecular weight excluding hydrogens is 432 g/mol. The highest BCUT2D eigenvalue weighted by atomic mass is 17.0. The molecule has 35 heavy (non-hydrogen) atoms. The molecule has 1 spiro atoms. The Balaban J connectivity index is 1.53. The van der Waals surface area contributed by atoms with Gasteiger partial charge in [0.15, 0.2) is 0 Å². The monoisotopic (exact) mass is 460 g/mol. The zero-order valence-corrected chi connectivity index (χ0v) is 20.4. The third kappa shape index (κ3) is 2.58. The zero-order valence-electron chi connectivity index (χ0n) is 20.4. The van der Waals surface area contributed by atoms with E-state index >= 15 is 0 Å². The van der Waals surface area contributed by atoms with Crippen molar-refractivity contribution in [3.63, 3.8) is 0 Å². The van der Waals surface area contributed by atoms with Crippen LogP contribution in [0.2, 0.25) is 0 Å². The molecule has 2 aliphatic heterocycles. The molecule has 4 nitrogen and oxygen atoms in total. The van der Waals surface area contributed by atoms with E-state index in [0.29, 0.717) is 0 Å². The van der Waals surface area contributed by atoms with Gasteiger partial charge in [0.25, 0.3) is 0 Å². The number of hydrogen-bond acceptors (Lipinski definition) is 4. The third-order valence-corrected chi connectivity index (χ3v) is 8.24. The lowest BCUT2D eigenvalue weighted by molar-refractivity contribution is -0.0273. The second kappa shape index (κ2) is 6.75. The molecule has 4 aromatic rings. The number of nitrogens with one attached hydrogen (secondary N) is 1. The number of anilines is 3. The predicted molar refractivity (Wildman–Crippen MR) is 140 cm³/mol. The van der Waals surface area contributed by atoms with Crippen LogP contribution in [0.5, 0.6) is 0 Å². The van der Waals surface area contributed by atoms with Crippen molar-refractivity contribution in [2.45, 2.75) is 44.3 Å². The van der Waals surface area contributed by atoms with Crippen molar-refractivity contribution in [1.82, 2.24) is 0 Å². The number of nitrogens with zero attached hydrogens (tertiary/aromatic N) is 1. The highest BCUT2D eigenvalue weighted by Gasteiger charge is 2.52. The first-order valence-electron chi connectivity index (χ1n) is 12.2. The van der Waals surface area contributed by atoms with Crippen LogP contribution in [0.15, 0.2) is 91.0 Å². The van der Waals surface area contributed by atoms with E-state index in [-0.39, 0.29) is 0 Å². The highest BCUT2D eigenvalue weighted by Crippen LogP contribution is 2.61. The summed E-state index contributed by atoms with van der Waals surface area (Å²) in [5, 5.41) is 5.30. The van der Waals surface area contributed by atoms with Gasteiger partial charge in [-0.3, -0.25) is 0 Å². The number of rotatable bonds is 1. The van der Waals surface area contributed by atoms with E-state index in [4.69, 9.17) is 9.68 Å². The molecule has 3 aliphatic rings. The van der Waals surface area contributed by atoms with Gasteiger partial charge >= 0.3 is 0 Å². The summed E-state index contributed by atoms with van der Waals surface area (Å²) >= 11 is 0. The molecule has 7 rings (SSSR count). The SMILES string of the molecule is CC1(C)ON(c2ccc3c(c2)C2(c4ccccc4N3)c3ccccc3-c3ccccc32)OC1(C)C. The maximum absolute atomic E-state index is 6.29. The van der Waals surface area contributed by atoms with E-state index in [1.54, 1.807) is 5.23 Å². The average molecular weight is 461 g/mol. The van der Waals surface area contributed by atoms with Gasteiger partial charge in [0.05, 0.1) is 11.1 Å². The second-order valence-electron chi connectivity index (χ2n) is 10.7. The minimum atomic E-state index is -0.460. The molecule has 174 valence electrons. The Kier molecular flexibility index (Phi) is 4.00. The number of fused-ring (bicyclic) bond motifs is 9. The molecule has 4 aromatic carbocycles. The van der Waals surface area contributed by atoms with E-state index < -0.39 is 16.6 Å². The van der Waals surface area contributed by atoms with Crippen molar-refractivity contribution in [3.8, 4) is 11.1 Å². The van der Waals surface area contributed by atoms with Crippen molar-refractivity contribution in [3.05, 3.63) is 113 Å².